The maximum atomic E-state index is 5.90. The predicted molar refractivity (Wildman–Crippen MR) is 134 cm³/mol. The molecule has 0 saturated heterocycles. The monoisotopic (exact) mass is 487 g/mol. The summed E-state index contributed by atoms with van der Waals surface area (Å²) in [6.45, 7) is 3.99. The van der Waals surface area contributed by atoms with E-state index in [1.165, 1.54) is 31.1 Å². The number of benzene rings is 2. The van der Waals surface area contributed by atoms with Crippen LogP contribution in [0.4, 0.5) is 0 Å². The number of hydrogen-bond acceptors (Lipinski definition) is 8. The van der Waals surface area contributed by atoms with Crippen molar-refractivity contribution in [2.45, 2.75) is 57.6 Å². The number of fused-ring (bicyclic) bond motifs is 1. The molecule has 3 heterocycles. The molecule has 0 radical (unpaired) electrons. The molecule has 9 heteroatoms. The largest absolute Gasteiger partial charge is 0.497 e. The Morgan fingerprint density at radius 2 is 1.89 bits per heavy atom. The number of rotatable bonds is 6. The smallest absolute Gasteiger partial charge is 0.274 e. The molecule has 0 bridgehead atoms. The van der Waals surface area contributed by atoms with Crippen molar-refractivity contribution in [2.24, 2.45) is 5.16 Å². The van der Waals surface area contributed by atoms with Gasteiger partial charge in [-0.1, -0.05) is 35.3 Å². The summed E-state index contributed by atoms with van der Waals surface area (Å²) >= 11 is 0. The summed E-state index contributed by atoms with van der Waals surface area (Å²) in [5.74, 6) is 2.05. The van der Waals surface area contributed by atoms with Gasteiger partial charge in [0.05, 0.1) is 42.7 Å². The zero-order chi connectivity index (χ0) is 24.9. The third-order valence-electron chi connectivity index (χ3n) is 7.28. The van der Waals surface area contributed by atoms with Crippen LogP contribution in [-0.4, -0.2) is 39.9 Å². The number of aromatic nitrogens is 4. The average Bonchev–Trinajstić information content (AvgIpc) is 3.70. The van der Waals surface area contributed by atoms with E-state index in [0.717, 1.165) is 22.5 Å². The van der Waals surface area contributed by atoms with Gasteiger partial charge in [0.2, 0.25) is 11.4 Å². The lowest BCUT2D eigenvalue weighted by molar-refractivity contribution is -0.0313. The van der Waals surface area contributed by atoms with Gasteiger partial charge in [-0.15, -0.1) is 0 Å². The average molecular weight is 488 g/mol. The summed E-state index contributed by atoms with van der Waals surface area (Å²) in [6.07, 6.45) is 5.39. The highest BCUT2D eigenvalue weighted by Gasteiger charge is 2.42. The second kappa shape index (κ2) is 8.65. The SMILES string of the molecule is COc1ccc(OC)c(-c2noc(C3(C)CC(c4ccc5c(C)nn(C6CCCC6)c5c4)=NO3)n2)c1. The Hall–Kier alpha value is -3.88. The van der Waals surface area contributed by atoms with E-state index in [-0.39, 0.29) is 0 Å². The fraction of sp³-hybridized carbons (Fsp3) is 0.407. The van der Waals surface area contributed by atoms with Crippen LogP contribution in [0.25, 0.3) is 22.3 Å². The fourth-order valence-corrected chi connectivity index (χ4v) is 5.25. The summed E-state index contributed by atoms with van der Waals surface area (Å²) in [6, 6.07) is 12.3. The highest BCUT2D eigenvalue weighted by Crippen LogP contribution is 2.39. The standard InChI is InChI=1S/C27H29N5O4/c1-16-20-11-9-17(13-23(20)32(29-16)18-7-5-6-8-18)22-15-27(2,36-30-22)26-28-25(31-35-26)21-14-19(33-3)10-12-24(21)34-4/h9-14,18H,5-8,15H2,1-4H3. The lowest BCUT2D eigenvalue weighted by atomic mass is 9.95. The van der Waals surface area contributed by atoms with E-state index in [1.807, 2.05) is 25.1 Å². The molecule has 2 aromatic heterocycles. The number of nitrogens with zero attached hydrogens (tertiary/aromatic N) is 5. The van der Waals surface area contributed by atoms with Gasteiger partial charge in [-0.2, -0.15) is 10.1 Å². The van der Waals surface area contributed by atoms with Crippen molar-refractivity contribution >= 4 is 16.6 Å². The highest BCUT2D eigenvalue weighted by atomic mass is 16.7. The molecule has 4 aromatic rings. The Labute approximate surface area is 209 Å². The van der Waals surface area contributed by atoms with Crippen molar-refractivity contribution < 1.29 is 18.8 Å². The lowest BCUT2D eigenvalue weighted by Crippen LogP contribution is -2.22. The molecule has 1 unspecified atom stereocenters. The summed E-state index contributed by atoms with van der Waals surface area (Å²) in [5, 5.41) is 14.7. The third-order valence-corrected chi connectivity index (χ3v) is 7.28. The molecule has 36 heavy (non-hydrogen) atoms. The summed E-state index contributed by atoms with van der Waals surface area (Å²) in [4.78, 5) is 10.5. The van der Waals surface area contributed by atoms with Gasteiger partial charge in [-0.3, -0.25) is 4.68 Å². The second-order valence-electron chi connectivity index (χ2n) is 9.73. The summed E-state index contributed by atoms with van der Waals surface area (Å²) in [7, 11) is 3.21. The molecule has 186 valence electrons. The molecule has 1 aliphatic heterocycles. The first-order chi connectivity index (χ1) is 17.5. The molecule has 0 N–H and O–H groups in total. The Balaban J connectivity index is 1.28. The van der Waals surface area contributed by atoms with E-state index in [2.05, 4.69) is 45.1 Å². The van der Waals surface area contributed by atoms with Crippen LogP contribution in [-0.2, 0) is 10.4 Å². The van der Waals surface area contributed by atoms with Crippen LogP contribution in [0.15, 0.2) is 46.1 Å². The summed E-state index contributed by atoms with van der Waals surface area (Å²) in [5.41, 5.74) is 3.87. The first-order valence-electron chi connectivity index (χ1n) is 12.3. The van der Waals surface area contributed by atoms with Gasteiger partial charge in [0, 0.05) is 17.4 Å². The number of aryl methyl sites for hydroxylation is 1. The van der Waals surface area contributed by atoms with Crippen LogP contribution < -0.4 is 9.47 Å². The number of hydrogen-bond donors (Lipinski definition) is 0. The van der Waals surface area contributed by atoms with E-state index in [1.54, 1.807) is 14.2 Å². The molecule has 1 saturated carbocycles. The van der Waals surface area contributed by atoms with Crippen LogP contribution in [0, 0.1) is 6.92 Å². The zero-order valence-corrected chi connectivity index (χ0v) is 20.9. The van der Waals surface area contributed by atoms with Crippen molar-refractivity contribution in [1.29, 1.82) is 0 Å². The molecule has 1 atom stereocenters. The van der Waals surface area contributed by atoms with Gasteiger partial charge in [0.25, 0.3) is 5.89 Å². The normalized spacial score (nSPS) is 20.1. The molecule has 9 nitrogen and oxygen atoms in total. The van der Waals surface area contributed by atoms with Gasteiger partial charge >= 0.3 is 0 Å². The van der Waals surface area contributed by atoms with Gasteiger partial charge in [-0.05, 0) is 51.0 Å². The Morgan fingerprint density at radius 3 is 2.67 bits per heavy atom. The van der Waals surface area contributed by atoms with Crippen molar-refractivity contribution in [1.82, 2.24) is 19.9 Å². The molecular formula is C27H29N5O4. The van der Waals surface area contributed by atoms with Crippen LogP contribution >= 0.6 is 0 Å². The molecule has 2 aromatic carbocycles. The number of oxime groups is 1. The maximum absolute atomic E-state index is 5.90. The van der Waals surface area contributed by atoms with E-state index in [9.17, 15) is 0 Å². The first kappa shape index (κ1) is 22.6. The van der Waals surface area contributed by atoms with Crippen LogP contribution in [0.2, 0.25) is 0 Å². The van der Waals surface area contributed by atoms with E-state index in [0.29, 0.717) is 41.2 Å². The molecule has 2 aliphatic rings. The molecule has 0 amide bonds. The van der Waals surface area contributed by atoms with Crippen molar-refractivity contribution in [3.8, 4) is 22.9 Å². The summed E-state index contributed by atoms with van der Waals surface area (Å²) < 4.78 is 18.7. The third kappa shape index (κ3) is 3.70. The van der Waals surface area contributed by atoms with Gasteiger partial charge in [-0.25, -0.2) is 0 Å². The quantitative estimate of drug-likeness (QED) is 0.351. The van der Waals surface area contributed by atoms with E-state index in [4.69, 9.17) is 23.9 Å². The van der Waals surface area contributed by atoms with E-state index >= 15 is 0 Å². The fourth-order valence-electron chi connectivity index (χ4n) is 5.25. The number of methoxy groups -OCH3 is 2. The Bertz CT molecular complexity index is 1470. The minimum atomic E-state index is -0.872. The van der Waals surface area contributed by atoms with E-state index < -0.39 is 5.60 Å². The van der Waals surface area contributed by atoms with Crippen LogP contribution in [0.3, 0.4) is 0 Å². The van der Waals surface area contributed by atoms with Crippen LogP contribution in [0.5, 0.6) is 11.5 Å². The number of ether oxygens (including phenoxy) is 2. The Morgan fingerprint density at radius 1 is 1.06 bits per heavy atom. The Kier molecular flexibility index (Phi) is 5.43. The highest BCUT2D eigenvalue weighted by molar-refractivity contribution is 6.04. The van der Waals surface area contributed by atoms with Gasteiger partial charge in [0.15, 0.2) is 0 Å². The minimum absolute atomic E-state index is 0.356. The molecule has 1 aliphatic carbocycles. The maximum Gasteiger partial charge on any atom is 0.274 e. The molecule has 0 spiro atoms. The first-order valence-corrected chi connectivity index (χ1v) is 12.3. The second-order valence-corrected chi connectivity index (χ2v) is 9.73. The van der Waals surface area contributed by atoms with Gasteiger partial charge in [0.1, 0.15) is 11.5 Å². The van der Waals surface area contributed by atoms with Crippen molar-refractivity contribution in [3.63, 3.8) is 0 Å². The molecule has 6 rings (SSSR count). The molecular weight excluding hydrogens is 458 g/mol. The zero-order valence-electron chi connectivity index (χ0n) is 20.9. The predicted octanol–water partition coefficient (Wildman–Crippen LogP) is 5.57. The molecule has 1 fully saturated rings. The van der Waals surface area contributed by atoms with Crippen LogP contribution in [0.1, 0.15) is 62.2 Å². The topological polar surface area (TPSA) is 96.8 Å². The van der Waals surface area contributed by atoms with Crippen molar-refractivity contribution in [3.05, 3.63) is 53.5 Å². The van der Waals surface area contributed by atoms with Gasteiger partial charge < -0.3 is 18.8 Å². The van der Waals surface area contributed by atoms with Crippen molar-refractivity contribution in [2.75, 3.05) is 14.2 Å². The minimum Gasteiger partial charge on any atom is -0.497 e. The lowest BCUT2D eigenvalue weighted by Gasteiger charge is -2.15.